The van der Waals surface area contributed by atoms with Crippen LogP contribution in [0.4, 0.5) is 0 Å². The van der Waals surface area contributed by atoms with Crippen molar-refractivity contribution in [3.63, 3.8) is 0 Å². The average Bonchev–Trinajstić information content (AvgIpc) is 3.22. The molecule has 3 heterocycles. The first-order valence-corrected chi connectivity index (χ1v) is 8.78. The number of likely N-dealkylation sites (tertiary alicyclic amines) is 1. The molecule has 24 heavy (non-hydrogen) atoms. The zero-order valence-corrected chi connectivity index (χ0v) is 14.1. The number of hydrogen-bond donors (Lipinski definition) is 3. The molecule has 2 saturated heterocycles. The Morgan fingerprint density at radius 3 is 3.21 bits per heavy atom. The summed E-state index contributed by atoms with van der Waals surface area (Å²) in [5, 5.41) is 6.56. The summed E-state index contributed by atoms with van der Waals surface area (Å²) in [5.41, 5.74) is 1.85. The fraction of sp³-hybridized carbons (Fsp3) is 0.556. The highest BCUT2D eigenvalue weighted by Gasteiger charge is 2.53. The number of aryl methyl sites for hydroxylation is 1. The fourth-order valence-electron chi connectivity index (χ4n) is 4.25. The second-order valence-electron chi connectivity index (χ2n) is 7.24. The summed E-state index contributed by atoms with van der Waals surface area (Å²) < 4.78 is 0. The van der Waals surface area contributed by atoms with Crippen molar-refractivity contribution in [2.45, 2.75) is 12.8 Å². The van der Waals surface area contributed by atoms with Crippen molar-refractivity contribution in [3.8, 4) is 0 Å². The third-order valence-electron chi connectivity index (χ3n) is 5.46. The van der Waals surface area contributed by atoms with Gasteiger partial charge in [-0.05, 0) is 25.6 Å². The fourth-order valence-corrected chi connectivity index (χ4v) is 4.25. The van der Waals surface area contributed by atoms with Gasteiger partial charge in [0.05, 0.1) is 16.4 Å². The van der Waals surface area contributed by atoms with Crippen LogP contribution in [-0.2, 0) is 11.2 Å². The number of para-hydroxylation sites is 2. The van der Waals surface area contributed by atoms with E-state index in [1.54, 1.807) is 0 Å². The van der Waals surface area contributed by atoms with E-state index in [2.05, 4.69) is 32.5 Å². The summed E-state index contributed by atoms with van der Waals surface area (Å²) in [6.07, 6.45) is 1.75. The number of benzene rings is 1. The van der Waals surface area contributed by atoms with Gasteiger partial charge in [0.1, 0.15) is 5.82 Å². The lowest BCUT2D eigenvalue weighted by Crippen LogP contribution is -2.47. The summed E-state index contributed by atoms with van der Waals surface area (Å²) >= 11 is 0. The van der Waals surface area contributed by atoms with Crippen LogP contribution in [0.2, 0.25) is 0 Å². The molecule has 1 amide bonds. The van der Waals surface area contributed by atoms with E-state index < -0.39 is 0 Å². The molecule has 2 atom stereocenters. The number of carbonyl (C=O) groups excluding carboxylic acids is 1. The van der Waals surface area contributed by atoms with Crippen molar-refractivity contribution in [2.75, 3.05) is 39.8 Å². The smallest absolute Gasteiger partial charge is 0.229 e. The molecule has 1 aromatic heterocycles. The van der Waals surface area contributed by atoms with Crippen LogP contribution in [0.1, 0.15) is 12.2 Å². The highest BCUT2D eigenvalue weighted by atomic mass is 16.2. The molecule has 2 aliphatic rings. The molecule has 6 nitrogen and oxygen atoms in total. The first-order chi connectivity index (χ1) is 11.7. The van der Waals surface area contributed by atoms with Crippen LogP contribution in [0.15, 0.2) is 24.3 Å². The number of H-pyrrole nitrogens is 1. The number of carbonyl (C=O) groups is 1. The topological polar surface area (TPSA) is 73.1 Å². The van der Waals surface area contributed by atoms with Gasteiger partial charge in [0, 0.05) is 45.1 Å². The van der Waals surface area contributed by atoms with Gasteiger partial charge in [0.25, 0.3) is 0 Å². The maximum atomic E-state index is 12.7. The van der Waals surface area contributed by atoms with Crippen molar-refractivity contribution in [1.82, 2.24) is 25.5 Å². The maximum absolute atomic E-state index is 12.7. The van der Waals surface area contributed by atoms with Gasteiger partial charge in [0.2, 0.25) is 5.91 Å². The Balaban J connectivity index is 1.30. The van der Waals surface area contributed by atoms with Crippen LogP contribution in [-0.4, -0.2) is 60.5 Å². The van der Waals surface area contributed by atoms with E-state index in [0.717, 1.165) is 55.9 Å². The highest BCUT2D eigenvalue weighted by Crippen LogP contribution is 2.38. The first kappa shape index (κ1) is 15.6. The van der Waals surface area contributed by atoms with E-state index in [4.69, 9.17) is 0 Å². The molecular formula is C18H25N5O. The van der Waals surface area contributed by atoms with Crippen LogP contribution in [0.3, 0.4) is 0 Å². The molecule has 2 aliphatic heterocycles. The predicted molar refractivity (Wildman–Crippen MR) is 93.7 cm³/mol. The SMILES string of the molecule is CN1C[C@@H]2CNC[C@]2(C(=O)NCCCc2nc3ccccc3[nH]2)C1. The van der Waals surface area contributed by atoms with E-state index in [9.17, 15) is 4.79 Å². The Hall–Kier alpha value is -1.92. The molecule has 3 N–H and O–H groups in total. The van der Waals surface area contributed by atoms with Crippen molar-refractivity contribution in [3.05, 3.63) is 30.1 Å². The number of nitrogens with zero attached hydrogens (tertiary/aromatic N) is 2. The Bertz CT molecular complexity index is 709. The third kappa shape index (κ3) is 2.70. The molecular weight excluding hydrogens is 302 g/mol. The molecule has 0 saturated carbocycles. The molecule has 4 rings (SSSR count). The minimum Gasteiger partial charge on any atom is -0.356 e. The molecule has 1 aromatic carbocycles. The standard InChI is InChI=1S/C18H25N5O/c1-23-10-13-9-19-11-18(13,12-23)17(24)20-8-4-7-16-21-14-5-2-3-6-15(14)22-16/h2-3,5-6,13,19H,4,7-12H2,1H3,(H,20,24)(H,21,22)/t13-,18-/m0/s1. The van der Waals surface area contributed by atoms with Gasteiger partial charge in [-0.1, -0.05) is 12.1 Å². The summed E-state index contributed by atoms with van der Waals surface area (Å²) in [6.45, 7) is 4.34. The normalized spacial score (nSPS) is 26.8. The maximum Gasteiger partial charge on any atom is 0.229 e. The number of rotatable bonds is 5. The molecule has 2 fully saturated rings. The Labute approximate surface area is 142 Å². The molecule has 0 bridgehead atoms. The predicted octanol–water partition coefficient (Wildman–Crippen LogP) is 0.763. The van der Waals surface area contributed by atoms with Crippen molar-refractivity contribution in [1.29, 1.82) is 0 Å². The van der Waals surface area contributed by atoms with Crippen molar-refractivity contribution >= 4 is 16.9 Å². The number of imidazole rings is 1. The molecule has 128 valence electrons. The lowest BCUT2D eigenvalue weighted by molar-refractivity contribution is -0.130. The Morgan fingerprint density at radius 1 is 1.46 bits per heavy atom. The van der Waals surface area contributed by atoms with Crippen LogP contribution in [0.25, 0.3) is 11.0 Å². The summed E-state index contributed by atoms with van der Waals surface area (Å²) in [4.78, 5) is 22.9. The first-order valence-electron chi connectivity index (χ1n) is 8.78. The Morgan fingerprint density at radius 2 is 2.33 bits per heavy atom. The second kappa shape index (κ2) is 6.18. The summed E-state index contributed by atoms with van der Waals surface area (Å²) in [7, 11) is 2.11. The third-order valence-corrected chi connectivity index (χ3v) is 5.46. The van der Waals surface area contributed by atoms with Gasteiger partial charge in [-0.3, -0.25) is 4.79 Å². The zero-order chi connectivity index (χ0) is 16.6. The quantitative estimate of drug-likeness (QED) is 0.709. The number of hydrogen-bond acceptors (Lipinski definition) is 4. The number of aromatic amines is 1. The van der Waals surface area contributed by atoms with Gasteiger partial charge < -0.3 is 20.5 Å². The van der Waals surface area contributed by atoms with E-state index in [1.807, 2.05) is 24.3 Å². The van der Waals surface area contributed by atoms with Gasteiger partial charge >= 0.3 is 0 Å². The van der Waals surface area contributed by atoms with Gasteiger partial charge in [-0.15, -0.1) is 0 Å². The van der Waals surface area contributed by atoms with E-state index in [-0.39, 0.29) is 11.3 Å². The van der Waals surface area contributed by atoms with E-state index >= 15 is 0 Å². The molecule has 0 spiro atoms. The number of fused-ring (bicyclic) bond motifs is 2. The summed E-state index contributed by atoms with van der Waals surface area (Å²) in [5.74, 6) is 1.65. The van der Waals surface area contributed by atoms with Crippen molar-refractivity contribution in [2.24, 2.45) is 11.3 Å². The van der Waals surface area contributed by atoms with Gasteiger partial charge in [-0.2, -0.15) is 0 Å². The monoisotopic (exact) mass is 327 g/mol. The molecule has 0 radical (unpaired) electrons. The minimum absolute atomic E-state index is 0.214. The minimum atomic E-state index is -0.228. The number of aromatic nitrogens is 2. The van der Waals surface area contributed by atoms with E-state index in [1.165, 1.54) is 0 Å². The van der Waals surface area contributed by atoms with Gasteiger partial charge in [0.15, 0.2) is 0 Å². The summed E-state index contributed by atoms with van der Waals surface area (Å²) in [6, 6.07) is 8.06. The lowest BCUT2D eigenvalue weighted by Gasteiger charge is -2.26. The Kier molecular flexibility index (Phi) is 4.02. The van der Waals surface area contributed by atoms with E-state index in [0.29, 0.717) is 12.5 Å². The largest absolute Gasteiger partial charge is 0.356 e. The van der Waals surface area contributed by atoms with Crippen LogP contribution in [0, 0.1) is 11.3 Å². The van der Waals surface area contributed by atoms with Gasteiger partial charge in [-0.25, -0.2) is 4.98 Å². The number of nitrogens with one attached hydrogen (secondary N) is 3. The number of amides is 1. The molecule has 6 heteroatoms. The van der Waals surface area contributed by atoms with Crippen LogP contribution in [0.5, 0.6) is 0 Å². The average molecular weight is 327 g/mol. The van der Waals surface area contributed by atoms with Crippen molar-refractivity contribution < 1.29 is 4.79 Å². The molecule has 2 aromatic rings. The van der Waals surface area contributed by atoms with Crippen LogP contribution < -0.4 is 10.6 Å². The highest BCUT2D eigenvalue weighted by molar-refractivity contribution is 5.84. The molecule has 0 unspecified atom stereocenters. The second-order valence-corrected chi connectivity index (χ2v) is 7.24. The zero-order valence-electron chi connectivity index (χ0n) is 14.1. The molecule has 0 aliphatic carbocycles. The van der Waals surface area contributed by atoms with Crippen LogP contribution >= 0.6 is 0 Å². The lowest BCUT2D eigenvalue weighted by atomic mass is 9.80.